The summed E-state index contributed by atoms with van der Waals surface area (Å²) < 4.78 is 28.9. The topological polar surface area (TPSA) is 47.2 Å². The van der Waals surface area contributed by atoms with Gasteiger partial charge in [-0.25, -0.2) is 13.8 Å². The lowest BCUT2D eigenvalue weighted by molar-refractivity contribution is 0.625. The Morgan fingerprint density at radius 2 is 1.41 bits per heavy atom. The first-order valence-electron chi connectivity index (χ1n) is 8.87. The molecule has 4 aromatic rings. The minimum absolute atomic E-state index is 0.199. The highest BCUT2D eigenvalue weighted by Gasteiger charge is 2.09. The Morgan fingerprint density at radius 1 is 0.793 bits per heavy atom. The monoisotopic (exact) mass is 387 g/mol. The van der Waals surface area contributed by atoms with Crippen LogP contribution in [0.15, 0.2) is 82.7 Å². The van der Waals surface area contributed by atoms with Gasteiger partial charge in [-0.15, -0.1) is 0 Å². The van der Waals surface area contributed by atoms with Crippen molar-refractivity contribution < 1.29 is 8.78 Å². The SMILES string of the molecule is O=c1c2ccccc2nc(/C=C\c2ccccc2F)n1/N=C\c1ccccc1F. The second-order valence-corrected chi connectivity index (χ2v) is 6.23. The van der Waals surface area contributed by atoms with Crippen molar-refractivity contribution in [3.63, 3.8) is 0 Å². The molecule has 0 spiro atoms. The average Bonchev–Trinajstić information content (AvgIpc) is 2.74. The summed E-state index contributed by atoms with van der Waals surface area (Å²) in [6.45, 7) is 0. The summed E-state index contributed by atoms with van der Waals surface area (Å²) in [5, 5.41) is 4.53. The van der Waals surface area contributed by atoms with Crippen molar-refractivity contribution in [2.24, 2.45) is 5.10 Å². The molecule has 4 nitrogen and oxygen atoms in total. The van der Waals surface area contributed by atoms with E-state index in [0.717, 1.165) is 4.68 Å². The lowest BCUT2D eigenvalue weighted by Gasteiger charge is -2.06. The zero-order chi connectivity index (χ0) is 20.2. The van der Waals surface area contributed by atoms with E-state index in [9.17, 15) is 13.6 Å². The standard InChI is InChI=1S/C23H15F2N3O/c24-19-10-4-1-7-16(19)13-14-22-27-21-12-6-3-9-18(21)23(29)28(22)26-15-17-8-2-5-11-20(17)25/h1-15H/b14-13-,26-15-. The van der Waals surface area contributed by atoms with E-state index >= 15 is 0 Å². The second-order valence-electron chi connectivity index (χ2n) is 6.23. The van der Waals surface area contributed by atoms with E-state index in [1.165, 1.54) is 30.5 Å². The molecule has 3 aromatic carbocycles. The molecular weight excluding hydrogens is 372 g/mol. The Labute approximate surface area is 165 Å². The summed E-state index contributed by atoms with van der Waals surface area (Å²) >= 11 is 0. The van der Waals surface area contributed by atoms with Crippen molar-refractivity contribution in [1.82, 2.24) is 9.66 Å². The molecule has 0 N–H and O–H groups in total. The molecule has 0 unspecified atom stereocenters. The quantitative estimate of drug-likeness (QED) is 0.476. The Bertz CT molecular complexity index is 1310. The molecule has 1 heterocycles. The summed E-state index contributed by atoms with van der Waals surface area (Å²) in [6.07, 6.45) is 4.28. The van der Waals surface area contributed by atoms with E-state index in [-0.39, 0.29) is 11.4 Å². The van der Waals surface area contributed by atoms with Gasteiger partial charge >= 0.3 is 0 Å². The first-order chi connectivity index (χ1) is 14.1. The van der Waals surface area contributed by atoms with E-state index in [1.54, 1.807) is 60.7 Å². The van der Waals surface area contributed by atoms with E-state index in [2.05, 4.69) is 10.1 Å². The molecule has 0 amide bonds. The summed E-state index contributed by atoms with van der Waals surface area (Å²) in [4.78, 5) is 17.4. The number of nitrogens with zero attached hydrogens (tertiary/aromatic N) is 3. The summed E-state index contributed by atoms with van der Waals surface area (Å²) in [6, 6.07) is 19.2. The number of benzene rings is 3. The van der Waals surface area contributed by atoms with Crippen LogP contribution in [0.4, 0.5) is 8.78 Å². The highest BCUT2D eigenvalue weighted by molar-refractivity contribution is 5.81. The van der Waals surface area contributed by atoms with E-state index in [4.69, 9.17) is 0 Å². The smallest absolute Gasteiger partial charge is 0.267 e. The maximum atomic E-state index is 13.9. The molecule has 6 heteroatoms. The van der Waals surface area contributed by atoms with E-state index in [1.807, 2.05) is 0 Å². The molecule has 0 fully saturated rings. The maximum Gasteiger partial charge on any atom is 0.282 e. The number of fused-ring (bicyclic) bond motifs is 1. The third kappa shape index (κ3) is 3.87. The van der Waals surface area contributed by atoms with Crippen molar-refractivity contribution in [2.45, 2.75) is 0 Å². The fraction of sp³-hybridized carbons (Fsp3) is 0. The summed E-state index contributed by atoms with van der Waals surface area (Å²) in [7, 11) is 0. The van der Waals surface area contributed by atoms with Crippen LogP contribution in [0.1, 0.15) is 17.0 Å². The van der Waals surface area contributed by atoms with Gasteiger partial charge in [-0.05, 0) is 36.4 Å². The highest BCUT2D eigenvalue weighted by Crippen LogP contribution is 2.13. The Morgan fingerprint density at radius 3 is 2.14 bits per heavy atom. The third-order valence-electron chi connectivity index (χ3n) is 4.31. The van der Waals surface area contributed by atoms with Crippen LogP contribution in [0.5, 0.6) is 0 Å². The van der Waals surface area contributed by atoms with Gasteiger partial charge in [-0.3, -0.25) is 4.79 Å². The van der Waals surface area contributed by atoms with Gasteiger partial charge in [0.15, 0.2) is 5.82 Å². The molecule has 0 bridgehead atoms. The first-order valence-corrected chi connectivity index (χ1v) is 8.87. The number of para-hydroxylation sites is 1. The number of hydrogen-bond acceptors (Lipinski definition) is 3. The van der Waals surface area contributed by atoms with Gasteiger partial charge in [-0.2, -0.15) is 9.78 Å². The van der Waals surface area contributed by atoms with Gasteiger partial charge in [0.05, 0.1) is 17.1 Å². The van der Waals surface area contributed by atoms with Crippen LogP contribution in [0, 0.1) is 11.6 Å². The third-order valence-corrected chi connectivity index (χ3v) is 4.31. The number of aromatic nitrogens is 2. The van der Waals surface area contributed by atoms with Gasteiger partial charge < -0.3 is 0 Å². The minimum Gasteiger partial charge on any atom is -0.267 e. The molecule has 29 heavy (non-hydrogen) atoms. The minimum atomic E-state index is -0.457. The normalized spacial score (nSPS) is 11.7. The van der Waals surface area contributed by atoms with Crippen LogP contribution < -0.4 is 5.56 Å². The molecule has 0 atom stereocenters. The molecular formula is C23H15F2N3O. The molecule has 4 rings (SSSR count). The zero-order valence-electron chi connectivity index (χ0n) is 15.2. The molecule has 0 aliphatic heterocycles. The van der Waals surface area contributed by atoms with Crippen molar-refractivity contribution in [2.75, 3.05) is 0 Å². The van der Waals surface area contributed by atoms with Gasteiger partial charge in [0, 0.05) is 11.1 Å². The largest absolute Gasteiger partial charge is 0.282 e. The van der Waals surface area contributed by atoms with Crippen LogP contribution in [0.25, 0.3) is 23.1 Å². The first kappa shape index (κ1) is 18.4. The van der Waals surface area contributed by atoms with Gasteiger partial charge in [0.1, 0.15) is 11.6 Å². The van der Waals surface area contributed by atoms with Gasteiger partial charge in [0.25, 0.3) is 5.56 Å². The number of hydrogen-bond donors (Lipinski definition) is 0. The molecule has 0 aliphatic rings. The Balaban J connectivity index is 1.86. The van der Waals surface area contributed by atoms with E-state index in [0.29, 0.717) is 16.5 Å². The van der Waals surface area contributed by atoms with Gasteiger partial charge in [-0.1, -0.05) is 48.5 Å². The maximum absolute atomic E-state index is 13.9. The van der Waals surface area contributed by atoms with Crippen molar-refractivity contribution in [3.05, 3.63) is 112 Å². The average molecular weight is 387 g/mol. The van der Waals surface area contributed by atoms with Crippen LogP contribution in [-0.4, -0.2) is 15.9 Å². The number of rotatable bonds is 4. The second kappa shape index (κ2) is 7.98. The molecule has 0 saturated carbocycles. The van der Waals surface area contributed by atoms with Crippen molar-refractivity contribution >= 4 is 29.3 Å². The molecule has 0 radical (unpaired) electrons. The van der Waals surface area contributed by atoms with Crippen LogP contribution in [0.3, 0.4) is 0 Å². The zero-order valence-corrected chi connectivity index (χ0v) is 15.2. The highest BCUT2D eigenvalue weighted by atomic mass is 19.1. The Hall–Kier alpha value is -3.93. The predicted molar refractivity (Wildman–Crippen MR) is 111 cm³/mol. The number of halogens is 2. The van der Waals surface area contributed by atoms with Crippen LogP contribution in [-0.2, 0) is 0 Å². The molecule has 0 aliphatic carbocycles. The Kier molecular flexibility index (Phi) is 5.07. The molecule has 1 aromatic heterocycles. The fourth-order valence-corrected chi connectivity index (χ4v) is 2.83. The molecule has 0 saturated heterocycles. The lowest BCUT2D eigenvalue weighted by atomic mass is 10.2. The summed E-state index contributed by atoms with van der Waals surface area (Å²) in [5.41, 5.74) is 0.663. The predicted octanol–water partition coefficient (Wildman–Crippen LogP) is 4.73. The van der Waals surface area contributed by atoms with Crippen LogP contribution >= 0.6 is 0 Å². The van der Waals surface area contributed by atoms with E-state index < -0.39 is 17.2 Å². The van der Waals surface area contributed by atoms with Crippen LogP contribution in [0.2, 0.25) is 0 Å². The van der Waals surface area contributed by atoms with Gasteiger partial charge in [0.2, 0.25) is 0 Å². The molecule has 142 valence electrons. The fourth-order valence-electron chi connectivity index (χ4n) is 2.83. The van der Waals surface area contributed by atoms with Crippen molar-refractivity contribution in [3.8, 4) is 0 Å². The summed E-state index contributed by atoms with van der Waals surface area (Å²) in [5.74, 6) is -0.653. The lowest BCUT2D eigenvalue weighted by Crippen LogP contribution is -2.20. The van der Waals surface area contributed by atoms with Crippen molar-refractivity contribution in [1.29, 1.82) is 0 Å².